The molecule has 0 amide bonds. The monoisotopic (exact) mass is 415 g/mol. The minimum absolute atomic E-state index is 0.309. The predicted molar refractivity (Wildman–Crippen MR) is 129 cm³/mol. The van der Waals surface area contributed by atoms with Crippen LogP contribution in [0.25, 0.3) is 6.08 Å². The number of benzene rings is 1. The van der Waals surface area contributed by atoms with Crippen molar-refractivity contribution in [1.82, 2.24) is 4.57 Å². The van der Waals surface area contributed by atoms with Crippen LogP contribution in [0.2, 0.25) is 0 Å². The minimum Gasteiger partial charge on any atom is -0.440 e. The number of rotatable bonds is 6. The van der Waals surface area contributed by atoms with Crippen LogP contribution >= 0.6 is 0 Å². The SMILES string of the molecule is C=Cc1c(C2(C(C(=C)/C(C)=C\C)=C(C)C)OC(=O)c3ccccc32)c(C)n(CC)c1C. The highest BCUT2D eigenvalue weighted by Crippen LogP contribution is 2.53. The van der Waals surface area contributed by atoms with Crippen molar-refractivity contribution in [3.8, 4) is 0 Å². The van der Waals surface area contributed by atoms with Crippen molar-refractivity contribution in [2.24, 2.45) is 0 Å². The van der Waals surface area contributed by atoms with Crippen molar-refractivity contribution in [1.29, 1.82) is 0 Å². The second-order valence-electron chi connectivity index (χ2n) is 8.35. The zero-order chi connectivity index (χ0) is 23.1. The Labute approximate surface area is 186 Å². The molecule has 0 aliphatic carbocycles. The molecule has 0 spiro atoms. The Kier molecular flexibility index (Phi) is 6.00. The smallest absolute Gasteiger partial charge is 0.340 e. The maximum Gasteiger partial charge on any atom is 0.340 e. The van der Waals surface area contributed by atoms with E-state index < -0.39 is 5.60 Å². The lowest BCUT2D eigenvalue weighted by molar-refractivity contribution is 0.0241. The van der Waals surface area contributed by atoms with Gasteiger partial charge < -0.3 is 9.30 Å². The third-order valence-electron chi connectivity index (χ3n) is 6.54. The molecule has 3 nitrogen and oxygen atoms in total. The van der Waals surface area contributed by atoms with Crippen molar-refractivity contribution in [2.45, 2.75) is 60.6 Å². The Balaban J connectivity index is 2.58. The van der Waals surface area contributed by atoms with Crippen LogP contribution in [-0.4, -0.2) is 10.5 Å². The van der Waals surface area contributed by atoms with Gasteiger partial charge in [0.25, 0.3) is 0 Å². The summed E-state index contributed by atoms with van der Waals surface area (Å²) < 4.78 is 8.70. The van der Waals surface area contributed by atoms with Gasteiger partial charge in [-0.25, -0.2) is 4.79 Å². The lowest BCUT2D eigenvalue weighted by atomic mass is 9.72. The van der Waals surface area contributed by atoms with Crippen LogP contribution in [-0.2, 0) is 16.9 Å². The molecule has 2 heterocycles. The Morgan fingerprint density at radius 2 is 1.81 bits per heavy atom. The lowest BCUT2D eigenvalue weighted by Gasteiger charge is -2.35. The fourth-order valence-electron chi connectivity index (χ4n) is 5.03. The van der Waals surface area contributed by atoms with E-state index in [-0.39, 0.29) is 5.97 Å². The van der Waals surface area contributed by atoms with Gasteiger partial charge in [0.05, 0.1) is 5.56 Å². The number of ether oxygens (including phenoxy) is 1. The first kappa shape index (κ1) is 22.6. The van der Waals surface area contributed by atoms with Gasteiger partial charge in [-0.3, -0.25) is 0 Å². The quantitative estimate of drug-likeness (QED) is 0.374. The van der Waals surface area contributed by atoms with Crippen molar-refractivity contribution in [3.63, 3.8) is 0 Å². The molecule has 3 rings (SSSR count). The highest BCUT2D eigenvalue weighted by Gasteiger charge is 2.53. The summed E-state index contributed by atoms with van der Waals surface area (Å²) in [5.74, 6) is -0.309. The number of cyclic esters (lactones) is 1. The summed E-state index contributed by atoms with van der Waals surface area (Å²) in [7, 11) is 0. The van der Waals surface area contributed by atoms with Gasteiger partial charge in [-0.15, -0.1) is 0 Å². The lowest BCUT2D eigenvalue weighted by Crippen LogP contribution is -2.33. The number of carbonyl (C=O) groups excluding carboxylic acids is 1. The molecule has 2 aromatic rings. The van der Waals surface area contributed by atoms with E-state index in [4.69, 9.17) is 4.74 Å². The third kappa shape index (κ3) is 3.15. The zero-order valence-electron chi connectivity index (χ0n) is 19.8. The number of hydrogen-bond donors (Lipinski definition) is 0. The Morgan fingerprint density at radius 3 is 2.35 bits per heavy atom. The van der Waals surface area contributed by atoms with E-state index in [1.54, 1.807) is 0 Å². The van der Waals surface area contributed by atoms with Gasteiger partial charge >= 0.3 is 5.97 Å². The minimum atomic E-state index is -1.08. The molecule has 31 heavy (non-hydrogen) atoms. The van der Waals surface area contributed by atoms with Crippen molar-refractivity contribution in [2.75, 3.05) is 0 Å². The van der Waals surface area contributed by atoms with Crippen LogP contribution < -0.4 is 0 Å². The molecule has 1 unspecified atom stereocenters. The molecule has 0 saturated heterocycles. The molecule has 0 fully saturated rings. The molecule has 0 bridgehead atoms. The van der Waals surface area contributed by atoms with Crippen LogP contribution in [0.4, 0.5) is 0 Å². The highest BCUT2D eigenvalue weighted by molar-refractivity contribution is 5.97. The Hall–Kier alpha value is -3.07. The summed E-state index contributed by atoms with van der Waals surface area (Å²) >= 11 is 0. The van der Waals surface area contributed by atoms with E-state index in [2.05, 4.69) is 52.3 Å². The first-order valence-electron chi connectivity index (χ1n) is 10.8. The van der Waals surface area contributed by atoms with Gasteiger partial charge in [0.15, 0.2) is 5.60 Å². The number of hydrogen-bond acceptors (Lipinski definition) is 2. The number of nitrogens with zero attached hydrogens (tertiary/aromatic N) is 1. The molecule has 3 heteroatoms. The third-order valence-corrected chi connectivity index (χ3v) is 6.54. The number of aromatic nitrogens is 1. The van der Waals surface area contributed by atoms with Gasteiger partial charge in [-0.05, 0) is 65.7 Å². The van der Waals surface area contributed by atoms with Gasteiger partial charge in [0, 0.05) is 40.2 Å². The molecular weight excluding hydrogens is 382 g/mol. The van der Waals surface area contributed by atoms with Crippen LogP contribution in [0.15, 0.2) is 65.8 Å². The molecule has 0 N–H and O–H groups in total. The first-order valence-corrected chi connectivity index (χ1v) is 10.8. The Bertz CT molecular complexity index is 1150. The molecular formula is C28H33NO2. The number of carbonyl (C=O) groups is 1. The molecule has 1 aliphatic heterocycles. The average Bonchev–Trinajstić information content (AvgIpc) is 3.17. The number of esters is 1. The first-order chi connectivity index (χ1) is 14.7. The van der Waals surface area contributed by atoms with E-state index in [0.717, 1.165) is 56.9 Å². The number of allylic oxidation sites excluding steroid dienone is 3. The molecule has 1 aliphatic rings. The maximum atomic E-state index is 13.2. The van der Waals surface area contributed by atoms with Gasteiger partial charge in [-0.2, -0.15) is 0 Å². The zero-order valence-corrected chi connectivity index (χ0v) is 19.8. The van der Waals surface area contributed by atoms with E-state index >= 15 is 0 Å². The summed E-state index contributed by atoms with van der Waals surface area (Å²) in [4.78, 5) is 13.2. The summed E-state index contributed by atoms with van der Waals surface area (Å²) in [6, 6.07) is 7.70. The van der Waals surface area contributed by atoms with E-state index in [1.807, 2.05) is 50.3 Å². The fourth-order valence-corrected chi connectivity index (χ4v) is 5.03. The van der Waals surface area contributed by atoms with E-state index in [9.17, 15) is 4.79 Å². The van der Waals surface area contributed by atoms with Crippen molar-refractivity contribution in [3.05, 3.63) is 99.4 Å². The molecule has 162 valence electrons. The van der Waals surface area contributed by atoms with Crippen LogP contribution in [0.3, 0.4) is 0 Å². The summed E-state index contributed by atoms with van der Waals surface area (Å²) in [6.07, 6.45) is 3.93. The fraction of sp³-hybridized carbons (Fsp3) is 0.321. The second kappa shape index (κ2) is 8.22. The van der Waals surface area contributed by atoms with Crippen LogP contribution in [0.1, 0.15) is 73.1 Å². The summed E-state index contributed by atoms with van der Waals surface area (Å²) in [5, 5.41) is 0. The van der Waals surface area contributed by atoms with Crippen LogP contribution in [0.5, 0.6) is 0 Å². The predicted octanol–water partition coefficient (Wildman–Crippen LogP) is 7.04. The maximum absolute atomic E-state index is 13.2. The normalized spacial score (nSPS) is 17.9. The molecule has 1 aromatic heterocycles. The van der Waals surface area contributed by atoms with Crippen LogP contribution in [0, 0.1) is 13.8 Å². The molecule has 1 atom stereocenters. The second-order valence-corrected chi connectivity index (χ2v) is 8.35. The molecule has 1 aromatic carbocycles. The summed E-state index contributed by atoms with van der Waals surface area (Å²) in [5.41, 5.74) is 8.48. The standard InChI is InChI=1S/C28H33NO2/c1-10-18(6)19(7)25(17(4)5)28(24-16-14-13-15-23(24)27(30)31-28)26-21(9)29(12-3)20(8)22(26)11-2/h10-11,13-16H,2,7,12H2,1,3-6,8-9H3/b18-10-. The number of fused-ring (bicyclic) bond motifs is 1. The van der Waals surface area contributed by atoms with Gasteiger partial charge in [0.1, 0.15) is 0 Å². The largest absolute Gasteiger partial charge is 0.440 e. The average molecular weight is 416 g/mol. The highest BCUT2D eigenvalue weighted by atomic mass is 16.6. The van der Waals surface area contributed by atoms with Crippen molar-refractivity contribution < 1.29 is 9.53 Å². The summed E-state index contributed by atoms with van der Waals surface area (Å²) in [6.45, 7) is 23.9. The molecule has 0 saturated carbocycles. The Morgan fingerprint density at radius 1 is 1.16 bits per heavy atom. The van der Waals surface area contributed by atoms with E-state index in [1.165, 1.54) is 0 Å². The molecule has 0 radical (unpaired) electrons. The van der Waals surface area contributed by atoms with E-state index in [0.29, 0.717) is 5.56 Å². The van der Waals surface area contributed by atoms with Gasteiger partial charge in [0.2, 0.25) is 0 Å². The van der Waals surface area contributed by atoms with Crippen molar-refractivity contribution >= 4 is 12.0 Å². The van der Waals surface area contributed by atoms with Gasteiger partial charge in [-0.1, -0.05) is 49.1 Å². The topological polar surface area (TPSA) is 31.2 Å².